The van der Waals surface area contributed by atoms with Gasteiger partial charge in [0.1, 0.15) is 54.9 Å². The largest absolute Gasteiger partial charge is 0.504 e. The number of esters is 3. The summed E-state index contributed by atoms with van der Waals surface area (Å²) in [5.74, 6) is -5.41. The summed E-state index contributed by atoms with van der Waals surface area (Å²) in [5, 5.41) is 121. The van der Waals surface area contributed by atoms with Gasteiger partial charge < -0.3 is 89.7 Å². The van der Waals surface area contributed by atoms with E-state index in [-0.39, 0.29) is 16.9 Å². The van der Waals surface area contributed by atoms with Crippen LogP contribution in [0.5, 0.6) is 11.5 Å². The van der Waals surface area contributed by atoms with Gasteiger partial charge in [-0.15, -0.1) is 0 Å². The Balaban J connectivity index is 1.28. The molecular weight excluding hydrogens is 929 g/mol. The zero-order chi connectivity index (χ0) is 52.0. The minimum absolute atomic E-state index is 0.0659. The first-order valence-corrected chi connectivity index (χ1v) is 21.8. The summed E-state index contributed by atoms with van der Waals surface area (Å²) in [4.78, 5) is 50.4. The average Bonchev–Trinajstić information content (AvgIpc) is 3.31. The van der Waals surface area contributed by atoms with E-state index in [1.54, 1.807) is 62.5 Å². The molecule has 4 unspecified atom stereocenters. The number of hydrogen-bond donors (Lipinski definition) is 12. The fourth-order valence-corrected chi connectivity index (χ4v) is 6.99. The van der Waals surface area contributed by atoms with Gasteiger partial charge in [0.15, 0.2) is 29.5 Å². The van der Waals surface area contributed by atoms with E-state index in [4.69, 9.17) is 28.4 Å². The van der Waals surface area contributed by atoms with Crippen LogP contribution in [0.3, 0.4) is 0 Å². The number of carboxylic acids is 1. The Morgan fingerprint density at radius 2 is 1.20 bits per heavy atom. The Morgan fingerprint density at radius 3 is 1.76 bits per heavy atom. The van der Waals surface area contributed by atoms with Crippen LogP contribution in [0.25, 0.3) is 6.08 Å². The fourth-order valence-electron chi connectivity index (χ4n) is 6.99. The lowest BCUT2D eigenvalue weighted by molar-refractivity contribution is -0.326. The summed E-state index contributed by atoms with van der Waals surface area (Å²) in [6, 6.07) is 3.73. The number of ether oxygens (including phenoxy) is 6. The normalized spacial score (nSPS) is 32.7. The Hall–Kier alpha value is -5.86. The number of hydrogen-bond acceptors (Lipinski definition) is 21. The highest BCUT2D eigenvalue weighted by atomic mass is 16.7. The van der Waals surface area contributed by atoms with E-state index in [1.165, 1.54) is 44.2 Å². The molecule has 4 rings (SSSR count). The molecule has 0 amide bonds. The van der Waals surface area contributed by atoms with E-state index in [1.807, 2.05) is 0 Å². The zero-order valence-corrected chi connectivity index (χ0v) is 38.4. The van der Waals surface area contributed by atoms with Crippen LogP contribution in [0.2, 0.25) is 0 Å². The number of aliphatic hydroxyl groups excluding tert-OH is 8. The maximum atomic E-state index is 13.0. The molecule has 384 valence electrons. The SMILES string of the molecule is CC(=C/C=C/C=C(C)/C=C/C=C(\C)C(=O)O[C@H]1[C@@H](O)C[C@](O)(C(=O)O)C[C@H]1OC(=O)/C=C/c1ccc(O)c(O)c1)/C=C/C=C(\C)C(=O)O[C@@H]1OC(CO[C@@H]2OC(CO)[C@@H](O)[C@H](O)C2O)[C@@H](O)[C@H](O)C1O. The smallest absolute Gasteiger partial charge is 0.336 e. The lowest BCUT2D eigenvalue weighted by Crippen LogP contribution is -2.61. The van der Waals surface area contributed by atoms with Gasteiger partial charge in [-0.2, -0.15) is 0 Å². The van der Waals surface area contributed by atoms with Crippen LogP contribution in [0.4, 0.5) is 0 Å². The number of aromatic hydroxyl groups is 2. The number of allylic oxidation sites excluding steroid dienone is 12. The van der Waals surface area contributed by atoms with Crippen LogP contribution in [0.1, 0.15) is 46.1 Å². The quantitative estimate of drug-likeness (QED) is 0.0291. The number of carbonyl (C=O) groups is 4. The standard InChI is InChI=1S/C48H60O22/c1-24(11-7-13-26(3)43(60)69-42-31(52)20-48(64,47(62)63)21-32(42)66-35(53)18-16-28-15-17-29(50)30(51)19-28)9-5-6-10-25(2)12-8-14-27(4)44(61)70-46-41(59)39(57)37(55)34(68-46)23-65-45-40(58)38(56)36(54)33(22-49)67-45/h5-19,31-34,36-42,45-46,49-52,54-59,64H,20-23H2,1-4H3,(H,62,63)/b6-5+,11-7+,12-8+,18-16+,24-9+,25-10-,26-13+,27-14+/t31-,32+,33?,34?,36+,37+,38-,39-,40?,41?,42-,45+,46-,48+/m0/s1. The molecule has 0 spiro atoms. The van der Waals surface area contributed by atoms with E-state index in [9.17, 15) is 80.5 Å². The molecule has 3 fully saturated rings. The minimum atomic E-state index is -2.50. The monoisotopic (exact) mass is 988 g/mol. The molecule has 0 aromatic heterocycles. The molecule has 1 aliphatic carbocycles. The molecule has 22 nitrogen and oxygen atoms in total. The third-order valence-corrected chi connectivity index (χ3v) is 11.2. The van der Waals surface area contributed by atoms with Crippen molar-refractivity contribution in [1.29, 1.82) is 0 Å². The van der Waals surface area contributed by atoms with Crippen molar-refractivity contribution < 1.29 is 109 Å². The summed E-state index contributed by atoms with van der Waals surface area (Å²) in [7, 11) is 0. The van der Waals surface area contributed by atoms with Crippen molar-refractivity contribution >= 4 is 30.0 Å². The number of phenolic OH excluding ortho intramolecular Hbond substituents is 2. The van der Waals surface area contributed by atoms with Gasteiger partial charge in [0.05, 0.1) is 19.3 Å². The molecule has 0 radical (unpaired) electrons. The maximum absolute atomic E-state index is 13.0. The highest BCUT2D eigenvalue weighted by molar-refractivity contribution is 5.89. The molecule has 1 aromatic rings. The highest BCUT2D eigenvalue weighted by Crippen LogP contribution is 2.34. The number of aliphatic hydroxyl groups is 9. The number of carboxylic acid groups (broad SMARTS) is 1. The lowest BCUT2D eigenvalue weighted by atomic mass is 9.79. The van der Waals surface area contributed by atoms with Crippen LogP contribution >= 0.6 is 0 Å². The van der Waals surface area contributed by atoms with Crippen LogP contribution < -0.4 is 0 Å². The first-order valence-electron chi connectivity index (χ1n) is 21.8. The van der Waals surface area contributed by atoms with E-state index in [0.717, 1.165) is 23.3 Å². The van der Waals surface area contributed by atoms with Crippen molar-refractivity contribution in [2.45, 2.75) is 126 Å². The second kappa shape index (κ2) is 25.8. The summed E-state index contributed by atoms with van der Waals surface area (Å²) < 4.78 is 32.1. The van der Waals surface area contributed by atoms with Gasteiger partial charge >= 0.3 is 23.9 Å². The highest BCUT2D eigenvalue weighted by Gasteiger charge is 2.53. The van der Waals surface area contributed by atoms with Gasteiger partial charge in [-0.05, 0) is 51.5 Å². The second-order valence-electron chi connectivity index (χ2n) is 16.8. The van der Waals surface area contributed by atoms with Crippen molar-refractivity contribution in [2.75, 3.05) is 13.2 Å². The average molecular weight is 989 g/mol. The molecule has 12 N–H and O–H groups in total. The third kappa shape index (κ3) is 15.6. The fraction of sp³-hybridized carbons (Fsp3) is 0.458. The molecule has 14 atom stereocenters. The molecule has 1 saturated carbocycles. The molecule has 2 aliphatic heterocycles. The first kappa shape index (κ1) is 56.7. The topological polar surface area (TPSA) is 366 Å². The number of benzene rings is 1. The predicted octanol–water partition coefficient (Wildman–Crippen LogP) is -0.474. The second-order valence-corrected chi connectivity index (χ2v) is 16.8. The summed E-state index contributed by atoms with van der Waals surface area (Å²) >= 11 is 0. The summed E-state index contributed by atoms with van der Waals surface area (Å²) in [5.41, 5.74) is -0.549. The van der Waals surface area contributed by atoms with Gasteiger partial charge in [-0.25, -0.2) is 19.2 Å². The van der Waals surface area contributed by atoms with Crippen molar-refractivity contribution in [2.24, 2.45) is 0 Å². The molecule has 2 saturated heterocycles. The van der Waals surface area contributed by atoms with Crippen molar-refractivity contribution in [3.8, 4) is 11.5 Å². The van der Waals surface area contributed by atoms with Crippen molar-refractivity contribution in [3.05, 3.63) is 113 Å². The first-order chi connectivity index (χ1) is 33.0. The van der Waals surface area contributed by atoms with Gasteiger partial charge in [0.25, 0.3) is 0 Å². The Labute approximate surface area is 401 Å². The molecular formula is C48H60O22. The maximum Gasteiger partial charge on any atom is 0.336 e. The van der Waals surface area contributed by atoms with Crippen molar-refractivity contribution in [3.63, 3.8) is 0 Å². The zero-order valence-electron chi connectivity index (χ0n) is 38.4. The summed E-state index contributed by atoms with van der Waals surface area (Å²) in [6.45, 7) is 5.09. The van der Waals surface area contributed by atoms with E-state index in [2.05, 4.69) is 0 Å². The number of phenols is 2. The van der Waals surface area contributed by atoms with Crippen LogP contribution in [-0.4, -0.2) is 184 Å². The number of aliphatic carboxylic acids is 1. The van der Waals surface area contributed by atoms with Gasteiger partial charge in [-0.1, -0.05) is 78.0 Å². The molecule has 3 aliphatic rings. The molecule has 1 aromatic carbocycles. The predicted molar refractivity (Wildman–Crippen MR) is 241 cm³/mol. The Morgan fingerprint density at radius 1 is 0.657 bits per heavy atom. The van der Waals surface area contributed by atoms with Crippen molar-refractivity contribution in [1.82, 2.24) is 0 Å². The molecule has 22 heteroatoms. The van der Waals surface area contributed by atoms with Gasteiger partial charge in [0, 0.05) is 30.1 Å². The molecule has 2 heterocycles. The van der Waals surface area contributed by atoms with E-state index in [0.29, 0.717) is 5.56 Å². The molecule has 70 heavy (non-hydrogen) atoms. The van der Waals surface area contributed by atoms with Crippen LogP contribution in [0, 0.1) is 0 Å². The Kier molecular flexibility index (Phi) is 20.9. The lowest BCUT2D eigenvalue weighted by Gasteiger charge is -2.42. The summed E-state index contributed by atoms with van der Waals surface area (Å²) in [6.07, 6.45) is -4.47. The Bertz CT molecular complexity index is 2260. The van der Waals surface area contributed by atoms with E-state index < -0.39 is 141 Å². The number of carbonyl (C=O) groups excluding carboxylic acids is 3. The van der Waals surface area contributed by atoms with Gasteiger partial charge in [-0.3, -0.25) is 0 Å². The van der Waals surface area contributed by atoms with Gasteiger partial charge in [0.2, 0.25) is 6.29 Å². The van der Waals surface area contributed by atoms with E-state index >= 15 is 0 Å². The number of rotatable bonds is 18. The molecule has 0 bridgehead atoms. The van der Waals surface area contributed by atoms with Crippen LogP contribution in [0.15, 0.2) is 107 Å². The third-order valence-electron chi connectivity index (χ3n) is 11.2. The minimum Gasteiger partial charge on any atom is -0.504 e. The van der Waals surface area contributed by atoms with Crippen LogP contribution in [-0.2, 0) is 47.6 Å².